The molecule has 1 aliphatic heterocycles. The molecule has 5 heteroatoms. The maximum Gasteiger partial charge on any atom is 0.129 e. The van der Waals surface area contributed by atoms with Crippen LogP contribution in [-0.4, -0.2) is 21.0 Å². The van der Waals surface area contributed by atoms with Crippen molar-refractivity contribution in [2.75, 3.05) is 6.54 Å². The summed E-state index contributed by atoms with van der Waals surface area (Å²) in [5, 5.41) is 0. The van der Waals surface area contributed by atoms with E-state index in [0.717, 1.165) is 47.3 Å². The molecule has 3 nitrogen and oxygen atoms in total. The fraction of sp³-hybridized carbons (Fsp3) is 0.400. The van der Waals surface area contributed by atoms with Crippen LogP contribution >= 0.6 is 15.9 Å². The first kappa shape index (κ1) is 13.8. The first-order valence-corrected chi connectivity index (χ1v) is 7.65. The van der Waals surface area contributed by atoms with Crippen molar-refractivity contribution < 1.29 is 4.39 Å². The van der Waals surface area contributed by atoms with E-state index in [0.29, 0.717) is 6.54 Å². The van der Waals surface area contributed by atoms with Crippen molar-refractivity contribution in [2.45, 2.75) is 33.0 Å². The Hall–Kier alpha value is -1.20. The van der Waals surface area contributed by atoms with Crippen LogP contribution in [0.3, 0.4) is 0 Å². The van der Waals surface area contributed by atoms with Gasteiger partial charge in [-0.2, -0.15) is 0 Å². The highest BCUT2D eigenvalue weighted by Gasteiger charge is 2.20. The van der Waals surface area contributed by atoms with E-state index in [9.17, 15) is 4.39 Å². The zero-order valence-electron chi connectivity index (χ0n) is 11.4. The summed E-state index contributed by atoms with van der Waals surface area (Å²) >= 11 is 3.35. The number of imidazole rings is 1. The highest BCUT2D eigenvalue weighted by atomic mass is 79.9. The lowest BCUT2D eigenvalue weighted by Crippen LogP contribution is -2.30. The molecular weight excluding hydrogens is 321 g/mol. The van der Waals surface area contributed by atoms with Gasteiger partial charge in [0.15, 0.2) is 0 Å². The van der Waals surface area contributed by atoms with Crippen LogP contribution in [0.1, 0.15) is 23.7 Å². The summed E-state index contributed by atoms with van der Waals surface area (Å²) in [5.41, 5.74) is 2.99. The molecule has 1 aliphatic rings. The van der Waals surface area contributed by atoms with Gasteiger partial charge in [-0.3, -0.25) is 4.90 Å². The van der Waals surface area contributed by atoms with Crippen molar-refractivity contribution in [3.05, 3.63) is 51.8 Å². The predicted molar refractivity (Wildman–Crippen MR) is 79.8 cm³/mol. The molecule has 0 atom stereocenters. The molecule has 0 N–H and O–H groups in total. The van der Waals surface area contributed by atoms with Gasteiger partial charge in [-0.05, 0) is 31.0 Å². The van der Waals surface area contributed by atoms with E-state index in [1.54, 1.807) is 6.07 Å². The van der Waals surface area contributed by atoms with Crippen molar-refractivity contribution in [1.82, 2.24) is 14.5 Å². The first-order valence-electron chi connectivity index (χ1n) is 6.85. The van der Waals surface area contributed by atoms with E-state index >= 15 is 0 Å². The summed E-state index contributed by atoms with van der Waals surface area (Å²) in [6.07, 6.45) is 4.80. The number of hydrogen-bond donors (Lipinski definition) is 0. The van der Waals surface area contributed by atoms with E-state index < -0.39 is 0 Å². The molecule has 0 amide bonds. The molecule has 0 saturated heterocycles. The number of aromatic nitrogens is 2. The molecule has 0 fully saturated rings. The van der Waals surface area contributed by atoms with Gasteiger partial charge in [-0.15, -0.1) is 0 Å². The van der Waals surface area contributed by atoms with Gasteiger partial charge in [0, 0.05) is 42.4 Å². The second-order valence-electron chi connectivity index (χ2n) is 5.18. The average molecular weight is 338 g/mol. The molecule has 0 unspecified atom stereocenters. The molecule has 2 aromatic rings. The monoisotopic (exact) mass is 337 g/mol. The smallest absolute Gasteiger partial charge is 0.129 e. The van der Waals surface area contributed by atoms with E-state index in [-0.39, 0.29) is 5.82 Å². The van der Waals surface area contributed by atoms with Crippen molar-refractivity contribution in [3.8, 4) is 0 Å². The Bertz CT molecular complexity index is 624. The SMILES string of the molecule is CCn1cnc(CN2CCc3cc(Br)cc(F)c3C2)c1. The third-order valence-electron chi connectivity index (χ3n) is 3.77. The minimum Gasteiger partial charge on any atom is -0.337 e. The molecular formula is C15H17BrFN3. The van der Waals surface area contributed by atoms with Crippen LogP contribution in [0.5, 0.6) is 0 Å². The van der Waals surface area contributed by atoms with Gasteiger partial charge in [-0.1, -0.05) is 15.9 Å². The van der Waals surface area contributed by atoms with E-state index in [2.05, 4.69) is 43.5 Å². The van der Waals surface area contributed by atoms with Gasteiger partial charge < -0.3 is 4.57 Å². The number of aryl methyl sites for hydroxylation is 1. The van der Waals surface area contributed by atoms with Gasteiger partial charge in [-0.25, -0.2) is 9.37 Å². The Balaban J connectivity index is 1.75. The molecule has 1 aromatic heterocycles. The number of rotatable bonds is 3. The lowest BCUT2D eigenvalue weighted by Gasteiger charge is -2.28. The Kier molecular flexibility index (Phi) is 3.89. The molecule has 0 radical (unpaired) electrons. The lowest BCUT2D eigenvalue weighted by atomic mass is 9.99. The summed E-state index contributed by atoms with van der Waals surface area (Å²) < 4.78 is 16.9. The van der Waals surface area contributed by atoms with Crippen molar-refractivity contribution >= 4 is 15.9 Å². The minimum absolute atomic E-state index is 0.113. The number of halogens is 2. The fourth-order valence-electron chi connectivity index (χ4n) is 2.66. The molecule has 0 bridgehead atoms. The van der Waals surface area contributed by atoms with Crippen LogP contribution in [-0.2, 0) is 26.1 Å². The highest BCUT2D eigenvalue weighted by Crippen LogP contribution is 2.26. The number of benzene rings is 1. The standard InChI is InChI=1S/C15H17BrFN3/c1-2-19-7-13(18-10-19)8-20-4-3-11-5-12(16)6-15(17)14(11)9-20/h5-7,10H,2-4,8-9H2,1H3. The highest BCUT2D eigenvalue weighted by molar-refractivity contribution is 9.10. The van der Waals surface area contributed by atoms with Gasteiger partial charge in [0.2, 0.25) is 0 Å². The topological polar surface area (TPSA) is 21.1 Å². The third kappa shape index (κ3) is 2.79. The lowest BCUT2D eigenvalue weighted by molar-refractivity contribution is 0.238. The summed E-state index contributed by atoms with van der Waals surface area (Å²) in [6, 6.07) is 3.58. The second kappa shape index (κ2) is 5.66. The first-order chi connectivity index (χ1) is 9.65. The van der Waals surface area contributed by atoms with Crippen LogP contribution in [0.2, 0.25) is 0 Å². The van der Waals surface area contributed by atoms with Crippen LogP contribution in [0, 0.1) is 5.82 Å². The van der Waals surface area contributed by atoms with Crippen LogP contribution < -0.4 is 0 Å². The Labute approximate surface area is 126 Å². The van der Waals surface area contributed by atoms with Crippen LogP contribution in [0.25, 0.3) is 0 Å². The maximum absolute atomic E-state index is 14.0. The minimum atomic E-state index is -0.113. The molecule has 2 heterocycles. The van der Waals surface area contributed by atoms with Gasteiger partial charge in [0.05, 0.1) is 12.0 Å². The van der Waals surface area contributed by atoms with Crippen molar-refractivity contribution in [1.29, 1.82) is 0 Å². The Morgan fingerprint density at radius 2 is 2.25 bits per heavy atom. The summed E-state index contributed by atoms with van der Waals surface area (Å²) in [6.45, 7) is 5.41. The van der Waals surface area contributed by atoms with Gasteiger partial charge >= 0.3 is 0 Å². The summed E-state index contributed by atoms with van der Waals surface area (Å²) in [7, 11) is 0. The molecule has 0 saturated carbocycles. The number of hydrogen-bond acceptors (Lipinski definition) is 2. The van der Waals surface area contributed by atoms with Crippen molar-refractivity contribution in [3.63, 3.8) is 0 Å². The molecule has 1 aromatic carbocycles. The van der Waals surface area contributed by atoms with E-state index in [1.807, 2.05) is 12.4 Å². The van der Waals surface area contributed by atoms with Gasteiger partial charge in [0.1, 0.15) is 5.82 Å². The van der Waals surface area contributed by atoms with E-state index in [4.69, 9.17) is 0 Å². The van der Waals surface area contributed by atoms with Crippen molar-refractivity contribution in [2.24, 2.45) is 0 Å². The third-order valence-corrected chi connectivity index (χ3v) is 4.23. The molecule has 0 aliphatic carbocycles. The largest absolute Gasteiger partial charge is 0.337 e. The quantitative estimate of drug-likeness (QED) is 0.856. The maximum atomic E-state index is 14.0. The van der Waals surface area contributed by atoms with Crippen LogP contribution in [0.15, 0.2) is 29.1 Å². The average Bonchev–Trinajstić information content (AvgIpc) is 2.87. The Morgan fingerprint density at radius 3 is 3.00 bits per heavy atom. The summed E-state index contributed by atoms with van der Waals surface area (Å²) in [4.78, 5) is 6.65. The van der Waals surface area contributed by atoms with Gasteiger partial charge in [0.25, 0.3) is 0 Å². The van der Waals surface area contributed by atoms with Crippen LogP contribution in [0.4, 0.5) is 4.39 Å². The summed E-state index contributed by atoms with van der Waals surface area (Å²) in [5.74, 6) is -0.113. The normalized spacial score (nSPS) is 15.3. The predicted octanol–water partition coefficient (Wildman–Crippen LogP) is 3.36. The zero-order valence-corrected chi connectivity index (χ0v) is 13.0. The molecule has 3 rings (SSSR count). The second-order valence-corrected chi connectivity index (χ2v) is 6.10. The van der Waals surface area contributed by atoms with E-state index in [1.165, 1.54) is 0 Å². The fourth-order valence-corrected chi connectivity index (χ4v) is 3.14. The number of fused-ring (bicyclic) bond motifs is 1. The molecule has 20 heavy (non-hydrogen) atoms. The molecule has 106 valence electrons. The molecule has 0 spiro atoms. The number of nitrogens with zero attached hydrogens (tertiary/aromatic N) is 3. The Morgan fingerprint density at radius 1 is 1.40 bits per heavy atom. The zero-order chi connectivity index (χ0) is 14.1.